The van der Waals surface area contributed by atoms with Crippen molar-refractivity contribution in [3.05, 3.63) is 65.2 Å². The molecule has 0 bridgehead atoms. The molecule has 0 aliphatic carbocycles. The fourth-order valence-corrected chi connectivity index (χ4v) is 4.43. The van der Waals surface area contributed by atoms with Gasteiger partial charge in [-0.05, 0) is 49.9 Å². The lowest BCUT2D eigenvalue weighted by Crippen LogP contribution is -2.43. The molecule has 2 aromatic carbocycles. The molecule has 2 heterocycles. The van der Waals surface area contributed by atoms with Crippen molar-refractivity contribution in [2.45, 2.75) is 39.2 Å². The second-order valence-corrected chi connectivity index (χ2v) is 8.46. The van der Waals surface area contributed by atoms with E-state index < -0.39 is 6.04 Å². The van der Waals surface area contributed by atoms with Crippen LogP contribution in [0.4, 0.5) is 5.13 Å². The summed E-state index contributed by atoms with van der Waals surface area (Å²) in [5.74, 6) is -0.314. The number of benzene rings is 2. The molecule has 4 rings (SSSR count). The molecule has 0 spiro atoms. The zero-order valence-electron chi connectivity index (χ0n) is 17.1. The minimum Gasteiger partial charge on any atom is -0.327 e. The van der Waals surface area contributed by atoms with Crippen molar-refractivity contribution in [1.82, 2.24) is 15.1 Å². The number of nitrogens with one attached hydrogen (secondary N) is 1. The predicted molar refractivity (Wildman–Crippen MR) is 119 cm³/mol. The highest BCUT2D eigenvalue weighted by Crippen LogP contribution is 2.28. The Bertz CT molecular complexity index is 1060. The number of hydrogen-bond donors (Lipinski definition) is 1. The maximum Gasteiger partial charge on any atom is 0.254 e. The van der Waals surface area contributed by atoms with Gasteiger partial charge in [-0.3, -0.25) is 14.9 Å². The number of rotatable bonds is 5. The zero-order chi connectivity index (χ0) is 21.1. The standard InChI is InChI=1S/C23H24N4O2S/c1-3-16-9-11-17(12-10-16)22(29)27-13-5-8-19(27)20(28)24-23-26-25-21(30-23)18-7-4-6-15(2)14-18/h4,6-7,9-12,14,19H,3,5,8,13H2,1-2H3,(H,24,26,28). The fraction of sp³-hybridized carbons (Fsp3) is 0.304. The third-order valence-corrected chi connectivity index (χ3v) is 6.23. The molecular formula is C23H24N4O2S. The van der Waals surface area contributed by atoms with Crippen molar-refractivity contribution >= 4 is 28.3 Å². The van der Waals surface area contributed by atoms with Gasteiger partial charge in [0.2, 0.25) is 11.0 Å². The molecule has 154 valence electrons. The van der Waals surface area contributed by atoms with Crippen LogP contribution < -0.4 is 5.32 Å². The number of carbonyl (C=O) groups is 2. The first-order chi connectivity index (χ1) is 14.5. The first kappa shape index (κ1) is 20.2. The minimum atomic E-state index is -0.491. The van der Waals surface area contributed by atoms with Gasteiger partial charge in [0.25, 0.3) is 5.91 Å². The SMILES string of the molecule is CCc1ccc(C(=O)N2CCCC2C(=O)Nc2nnc(-c3cccc(C)c3)s2)cc1. The van der Waals surface area contributed by atoms with Crippen molar-refractivity contribution in [2.24, 2.45) is 0 Å². The summed E-state index contributed by atoms with van der Waals surface area (Å²) in [7, 11) is 0. The predicted octanol–water partition coefficient (Wildman–Crippen LogP) is 4.32. The van der Waals surface area contributed by atoms with Gasteiger partial charge < -0.3 is 4.90 Å². The van der Waals surface area contributed by atoms with E-state index in [9.17, 15) is 9.59 Å². The Hall–Kier alpha value is -3.06. The average Bonchev–Trinajstić information content (AvgIpc) is 3.43. The van der Waals surface area contributed by atoms with E-state index in [-0.39, 0.29) is 11.8 Å². The van der Waals surface area contributed by atoms with Crippen LogP contribution in [0, 0.1) is 6.92 Å². The molecule has 7 heteroatoms. The van der Waals surface area contributed by atoms with Crippen LogP contribution in [0.3, 0.4) is 0 Å². The van der Waals surface area contributed by atoms with E-state index in [1.54, 1.807) is 4.90 Å². The molecule has 1 aromatic heterocycles. The summed E-state index contributed by atoms with van der Waals surface area (Å²) in [6, 6.07) is 15.1. The molecule has 1 saturated heterocycles. The van der Waals surface area contributed by atoms with Crippen molar-refractivity contribution < 1.29 is 9.59 Å². The molecule has 2 amide bonds. The van der Waals surface area contributed by atoms with E-state index in [4.69, 9.17) is 0 Å². The molecule has 30 heavy (non-hydrogen) atoms. The summed E-state index contributed by atoms with van der Waals surface area (Å²) in [5, 5.41) is 12.4. The van der Waals surface area contributed by atoms with E-state index in [1.807, 2.05) is 55.5 Å². The Balaban J connectivity index is 1.45. The van der Waals surface area contributed by atoms with Crippen LogP contribution in [0.1, 0.15) is 41.3 Å². The Morgan fingerprint density at radius 3 is 2.70 bits per heavy atom. The molecule has 1 aliphatic heterocycles. The van der Waals surface area contributed by atoms with Crippen molar-refractivity contribution in [3.8, 4) is 10.6 Å². The number of aromatic nitrogens is 2. The van der Waals surface area contributed by atoms with E-state index in [0.29, 0.717) is 23.7 Å². The van der Waals surface area contributed by atoms with E-state index in [1.165, 1.54) is 16.9 Å². The van der Waals surface area contributed by atoms with Gasteiger partial charge in [-0.15, -0.1) is 10.2 Å². The zero-order valence-corrected chi connectivity index (χ0v) is 17.9. The fourth-order valence-electron chi connectivity index (χ4n) is 3.69. The normalized spacial score (nSPS) is 15.9. The number of likely N-dealkylation sites (tertiary alicyclic amines) is 1. The summed E-state index contributed by atoms with van der Waals surface area (Å²) in [5.41, 5.74) is 3.91. The monoisotopic (exact) mass is 420 g/mol. The van der Waals surface area contributed by atoms with E-state index in [2.05, 4.69) is 22.4 Å². The lowest BCUT2D eigenvalue weighted by Gasteiger charge is -2.23. The topological polar surface area (TPSA) is 75.2 Å². The number of anilines is 1. The molecule has 1 fully saturated rings. The van der Waals surface area contributed by atoms with Gasteiger partial charge >= 0.3 is 0 Å². The van der Waals surface area contributed by atoms with Gasteiger partial charge in [0, 0.05) is 17.7 Å². The van der Waals surface area contributed by atoms with Gasteiger partial charge in [0.05, 0.1) is 0 Å². The van der Waals surface area contributed by atoms with Gasteiger partial charge in [-0.2, -0.15) is 0 Å². The van der Waals surface area contributed by atoms with Gasteiger partial charge in [0.15, 0.2) is 0 Å². The second kappa shape index (κ2) is 8.75. The Kier molecular flexibility index (Phi) is 5.90. The number of carbonyl (C=O) groups excluding carboxylic acids is 2. The van der Waals surface area contributed by atoms with Crippen LogP contribution in [0.15, 0.2) is 48.5 Å². The maximum absolute atomic E-state index is 13.0. The third kappa shape index (κ3) is 4.26. The summed E-state index contributed by atoms with van der Waals surface area (Å²) in [6.45, 7) is 4.68. The number of hydrogen-bond acceptors (Lipinski definition) is 5. The molecule has 1 unspecified atom stereocenters. The molecular weight excluding hydrogens is 396 g/mol. The van der Waals surface area contributed by atoms with E-state index in [0.717, 1.165) is 29.0 Å². The molecule has 3 aromatic rings. The summed E-state index contributed by atoms with van der Waals surface area (Å²) in [6.07, 6.45) is 2.38. The van der Waals surface area contributed by atoms with Gasteiger partial charge in [-0.1, -0.05) is 54.2 Å². The second-order valence-electron chi connectivity index (χ2n) is 7.48. The van der Waals surface area contributed by atoms with Crippen LogP contribution >= 0.6 is 11.3 Å². The lowest BCUT2D eigenvalue weighted by molar-refractivity contribution is -0.119. The molecule has 0 saturated carbocycles. The highest BCUT2D eigenvalue weighted by molar-refractivity contribution is 7.18. The first-order valence-electron chi connectivity index (χ1n) is 10.2. The minimum absolute atomic E-state index is 0.104. The molecule has 1 aliphatic rings. The van der Waals surface area contributed by atoms with Gasteiger partial charge in [0.1, 0.15) is 11.0 Å². The van der Waals surface area contributed by atoms with Crippen LogP contribution in [-0.2, 0) is 11.2 Å². The maximum atomic E-state index is 13.0. The Morgan fingerprint density at radius 1 is 1.17 bits per heavy atom. The summed E-state index contributed by atoms with van der Waals surface area (Å²) < 4.78 is 0. The Morgan fingerprint density at radius 2 is 1.97 bits per heavy atom. The quantitative estimate of drug-likeness (QED) is 0.667. The van der Waals surface area contributed by atoms with Crippen LogP contribution in [0.2, 0.25) is 0 Å². The summed E-state index contributed by atoms with van der Waals surface area (Å²) >= 11 is 1.33. The number of aryl methyl sites for hydroxylation is 2. The van der Waals surface area contributed by atoms with Crippen molar-refractivity contribution in [2.75, 3.05) is 11.9 Å². The molecule has 1 atom stereocenters. The van der Waals surface area contributed by atoms with Crippen LogP contribution in [0.5, 0.6) is 0 Å². The van der Waals surface area contributed by atoms with Crippen molar-refractivity contribution in [1.29, 1.82) is 0 Å². The average molecular weight is 421 g/mol. The van der Waals surface area contributed by atoms with E-state index >= 15 is 0 Å². The largest absolute Gasteiger partial charge is 0.327 e. The van der Waals surface area contributed by atoms with Crippen molar-refractivity contribution in [3.63, 3.8) is 0 Å². The highest BCUT2D eigenvalue weighted by atomic mass is 32.1. The van der Waals surface area contributed by atoms with Gasteiger partial charge in [-0.25, -0.2) is 0 Å². The Labute approximate surface area is 180 Å². The molecule has 0 radical (unpaired) electrons. The summed E-state index contributed by atoms with van der Waals surface area (Å²) in [4.78, 5) is 27.5. The van der Waals surface area contributed by atoms with Crippen LogP contribution in [-0.4, -0.2) is 39.5 Å². The smallest absolute Gasteiger partial charge is 0.254 e. The lowest BCUT2D eigenvalue weighted by atomic mass is 10.1. The highest BCUT2D eigenvalue weighted by Gasteiger charge is 2.35. The molecule has 1 N–H and O–H groups in total. The van der Waals surface area contributed by atoms with Crippen LogP contribution in [0.25, 0.3) is 10.6 Å². The number of nitrogens with zero attached hydrogens (tertiary/aromatic N) is 3. The molecule has 6 nitrogen and oxygen atoms in total. The number of amides is 2. The first-order valence-corrected chi connectivity index (χ1v) is 11.0. The third-order valence-electron chi connectivity index (χ3n) is 5.35.